The van der Waals surface area contributed by atoms with Crippen molar-refractivity contribution in [2.75, 3.05) is 59.2 Å². The average molecular weight is 397 g/mol. The lowest BCUT2D eigenvalue weighted by molar-refractivity contribution is 0.0341. The minimum absolute atomic E-state index is 0.191. The quantitative estimate of drug-likeness (QED) is 0.779. The molecule has 0 aliphatic carbocycles. The van der Waals surface area contributed by atoms with Crippen LogP contribution in [0.25, 0.3) is 0 Å². The maximum absolute atomic E-state index is 10.9. The van der Waals surface area contributed by atoms with Gasteiger partial charge in [0.1, 0.15) is 5.75 Å². The van der Waals surface area contributed by atoms with Gasteiger partial charge in [-0.25, -0.2) is 0 Å². The SMILES string of the molecule is Oc1cc(CN2CCOCC2)ccc1[C@@H](CCN1CCOCC1)c1ccccc1. The number of rotatable bonds is 7. The molecule has 2 saturated heterocycles. The first-order chi connectivity index (χ1) is 14.3. The minimum atomic E-state index is 0.191. The Bertz CT molecular complexity index is 756. The molecule has 29 heavy (non-hydrogen) atoms. The van der Waals surface area contributed by atoms with E-state index in [1.165, 1.54) is 5.56 Å². The highest BCUT2D eigenvalue weighted by atomic mass is 16.5. The number of hydrogen-bond acceptors (Lipinski definition) is 5. The van der Waals surface area contributed by atoms with Crippen LogP contribution in [0.4, 0.5) is 0 Å². The number of phenolic OH excluding ortho intramolecular Hbond substituents is 1. The molecule has 0 amide bonds. The molecule has 0 bridgehead atoms. The normalized spacial score (nSPS) is 19.9. The van der Waals surface area contributed by atoms with Gasteiger partial charge in [0.25, 0.3) is 0 Å². The van der Waals surface area contributed by atoms with E-state index in [1.807, 2.05) is 12.1 Å². The van der Waals surface area contributed by atoms with Crippen molar-refractivity contribution in [1.82, 2.24) is 9.80 Å². The molecule has 2 aliphatic heterocycles. The first kappa shape index (κ1) is 20.4. The lowest BCUT2D eigenvalue weighted by Gasteiger charge is -2.29. The molecule has 2 heterocycles. The van der Waals surface area contributed by atoms with E-state index in [4.69, 9.17) is 9.47 Å². The van der Waals surface area contributed by atoms with E-state index in [0.29, 0.717) is 5.75 Å². The van der Waals surface area contributed by atoms with E-state index in [9.17, 15) is 5.11 Å². The van der Waals surface area contributed by atoms with Gasteiger partial charge in [-0.15, -0.1) is 0 Å². The first-order valence-corrected chi connectivity index (χ1v) is 10.8. The van der Waals surface area contributed by atoms with Gasteiger partial charge in [-0.1, -0.05) is 42.5 Å². The fourth-order valence-electron chi connectivity index (χ4n) is 4.32. The first-order valence-electron chi connectivity index (χ1n) is 10.8. The summed E-state index contributed by atoms with van der Waals surface area (Å²) in [5.41, 5.74) is 3.44. The van der Waals surface area contributed by atoms with Crippen molar-refractivity contribution in [2.24, 2.45) is 0 Å². The maximum atomic E-state index is 10.9. The van der Waals surface area contributed by atoms with Crippen LogP contribution in [0, 0.1) is 0 Å². The van der Waals surface area contributed by atoms with Crippen molar-refractivity contribution in [1.29, 1.82) is 0 Å². The molecule has 5 nitrogen and oxygen atoms in total. The second-order valence-corrected chi connectivity index (χ2v) is 7.99. The lowest BCUT2D eigenvalue weighted by Crippen LogP contribution is -2.37. The van der Waals surface area contributed by atoms with Crippen LogP contribution in [0.15, 0.2) is 48.5 Å². The van der Waals surface area contributed by atoms with Crippen LogP contribution in [0.1, 0.15) is 29.0 Å². The van der Waals surface area contributed by atoms with Gasteiger partial charge in [0.2, 0.25) is 0 Å². The Morgan fingerprint density at radius 1 is 0.828 bits per heavy atom. The van der Waals surface area contributed by atoms with Crippen molar-refractivity contribution >= 4 is 0 Å². The van der Waals surface area contributed by atoms with Crippen molar-refractivity contribution in [3.63, 3.8) is 0 Å². The second-order valence-electron chi connectivity index (χ2n) is 7.99. The van der Waals surface area contributed by atoms with Crippen LogP contribution < -0.4 is 0 Å². The third kappa shape index (κ3) is 5.58. The van der Waals surface area contributed by atoms with Crippen molar-refractivity contribution < 1.29 is 14.6 Å². The van der Waals surface area contributed by atoms with Crippen molar-refractivity contribution in [2.45, 2.75) is 18.9 Å². The van der Waals surface area contributed by atoms with Gasteiger partial charge >= 0.3 is 0 Å². The Labute approximate surface area is 173 Å². The smallest absolute Gasteiger partial charge is 0.119 e. The number of hydrogen-bond donors (Lipinski definition) is 1. The van der Waals surface area contributed by atoms with E-state index in [2.05, 4.69) is 46.2 Å². The predicted molar refractivity (Wildman–Crippen MR) is 114 cm³/mol. The summed E-state index contributed by atoms with van der Waals surface area (Å²) in [5, 5.41) is 10.9. The Morgan fingerprint density at radius 2 is 1.48 bits per heavy atom. The summed E-state index contributed by atoms with van der Waals surface area (Å²) in [6.45, 7) is 8.98. The molecule has 2 aliphatic rings. The molecular weight excluding hydrogens is 364 g/mol. The summed E-state index contributed by atoms with van der Waals surface area (Å²) in [6, 6.07) is 16.8. The Hall–Kier alpha value is -1.92. The molecule has 0 saturated carbocycles. The van der Waals surface area contributed by atoms with Crippen molar-refractivity contribution in [3.8, 4) is 5.75 Å². The number of benzene rings is 2. The molecule has 0 unspecified atom stereocenters. The third-order valence-electron chi connectivity index (χ3n) is 6.02. The number of phenols is 1. The zero-order chi connectivity index (χ0) is 19.9. The molecule has 2 aromatic rings. The number of morpholine rings is 2. The van der Waals surface area contributed by atoms with E-state index >= 15 is 0 Å². The molecule has 1 atom stereocenters. The van der Waals surface area contributed by atoms with Gasteiger partial charge < -0.3 is 14.6 Å². The van der Waals surface area contributed by atoms with Crippen LogP contribution in [0.5, 0.6) is 5.75 Å². The van der Waals surface area contributed by atoms with Crippen LogP contribution in [0.3, 0.4) is 0 Å². The fourth-order valence-corrected chi connectivity index (χ4v) is 4.32. The van der Waals surface area contributed by atoms with Gasteiger partial charge in [-0.05, 0) is 30.2 Å². The molecule has 0 radical (unpaired) electrons. The monoisotopic (exact) mass is 396 g/mol. The number of aromatic hydroxyl groups is 1. The second kappa shape index (κ2) is 10.2. The van der Waals surface area contributed by atoms with Crippen molar-refractivity contribution in [3.05, 3.63) is 65.2 Å². The molecule has 0 spiro atoms. The highest BCUT2D eigenvalue weighted by Crippen LogP contribution is 2.35. The Balaban J connectivity index is 1.49. The molecule has 2 fully saturated rings. The summed E-state index contributed by atoms with van der Waals surface area (Å²) >= 11 is 0. The highest BCUT2D eigenvalue weighted by molar-refractivity contribution is 5.43. The third-order valence-corrected chi connectivity index (χ3v) is 6.02. The summed E-state index contributed by atoms with van der Waals surface area (Å²) in [7, 11) is 0. The number of nitrogens with zero attached hydrogens (tertiary/aromatic N) is 2. The van der Waals surface area contributed by atoms with Gasteiger partial charge in [0.15, 0.2) is 0 Å². The average Bonchev–Trinajstić information content (AvgIpc) is 2.77. The molecule has 2 aromatic carbocycles. The Kier molecular flexibility index (Phi) is 7.17. The minimum Gasteiger partial charge on any atom is -0.508 e. The number of ether oxygens (including phenoxy) is 2. The molecule has 156 valence electrons. The zero-order valence-electron chi connectivity index (χ0n) is 17.1. The molecule has 0 aromatic heterocycles. The Morgan fingerprint density at radius 3 is 2.14 bits per heavy atom. The maximum Gasteiger partial charge on any atom is 0.119 e. The molecule has 1 N–H and O–H groups in total. The standard InChI is InChI=1S/C24H32N2O3/c27-24-18-20(19-26-12-16-29-17-13-26)6-7-23(24)22(21-4-2-1-3-5-21)8-9-25-10-14-28-15-11-25/h1-7,18,22,27H,8-17,19H2/t22-/m0/s1. The highest BCUT2D eigenvalue weighted by Gasteiger charge is 2.21. The fraction of sp³-hybridized carbons (Fsp3) is 0.500. The van der Waals surface area contributed by atoms with Gasteiger partial charge in [0.05, 0.1) is 26.4 Å². The van der Waals surface area contributed by atoms with Crippen LogP contribution >= 0.6 is 0 Å². The summed E-state index contributed by atoms with van der Waals surface area (Å²) < 4.78 is 10.9. The molecular formula is C24H32N2O3. The van der Waals surface area contributed by atoms with Gasteiger partial charge in [-0.2, -0.15) is 0 Å². The van der Waals surface area contributed by atoms with E-state index < -0.39 is 0 Å². The van der Waals surface area contributed by atoms with E-state index in [0.717, 1.165) is 83.2 Å². The topological polar surface area (TPSA) is 45.2 Å². The lowest BCUT2D eigenvalue weighted by atomic mass is 9.87. The van der Waals surface area contributed by atoms with Crippen LogP contribution in [-0.4, -0.2) is 74.1 Å². The predicted octanol–water partition coefficient (Wildman–Crippen LogP) is 3.08. The summed E-state index contributed by atoms with van der Waals surface area (Å²) in [4.78, 5) is 4.84. The summed E-state index contributed by atoms with van der Waals surface area (Å²) in [6.07, 6.45) is 0.986. The van der Waals surface area contributed by atoms with Gasteiger partial charge in [0, 0.05) is 44.2 Å². The van der Waals surface area contributed by atoms with Crippen LogP contribution in [-0.2, 0) is 16.0 Å². The molecule has 4 rings (SSSR count). The van der Waals surface area contributed by atoms with Gasteiger partial charge in [-0.3, -0.25) is 9.80 Å². The van der Waals surface area contributed by atoms with E-state index in [1.54, 1.807) is 0 Å². The largest absolute Gasteiger partial charge is 0.508 e. The zero-order valence-corrected chi connectivity index (χ0v) is 17.1. The molecule has 5 heteroatoms. The summed E-state index contributed by atoms with van der Waals surface area (Å²) in [5.74, 6) is 0.600. The van der Waals surface area contributed by atoms with E-state index in [-0.39, 0.29) is 5.92 Å². The van der Waals surface area contributed by atoms with Crippen LogP contribution in [0.2, 0.25) is 0 Å².